The average molecular weight is 263 g/mol. The number of carbonyl (C=O) groups is 1. The number of hydrogen-bond donors (Lipinski definition) is 2. The molecule has 1 aliphatic carbocycles. The summed E-state index contributed by atoms with van der Waals surface area (Å²) in [5.74, 6) is 1.43. The van der Waals surface area contributed by atoms with Gasteiger partial charge < -0.3 is 5.32 Å². The molecular formula is C15H21NOS. The lowest BCUT2D eigenvalue weighted by atomic mass is 9.80. The summed E-state index contributed by atoms with van der Waals surface area (Å²) in [6.07, 6.45) is 3.46. The van der Waals surface area contributed by atoms with Crippen LogP contribution in [-0.4, -0.2) is 11.9 Å². The zero-order valence-corrected chi connectivity index (χ0v) is 11.9. The summed E-state index contributed by atoms with van der Waals surface area (Å²) in [4.78, 5) is 13.0. The van der Waals surface area contributed by atoms with Gasteiger partial charge in [0.15, 0.2) is 0 Å². The molecule has 1 saturated carbocycles. The molecule has 1 fully saturated rings. The molecule has 98 valence electrons. The van der Waals surface area contributed by atoms with Gasteiger partial charge in [-0.25, -0.2) is 0 Å². The topological polar surface area (TPSA) is 29.1 Å². The molecular weight excluding hydrogens is 242 g/mol. The maximum absolute atomic E-state index is 12.1. The molecule has 18 heavy (non-hydrogen) atoms. The van der Waals surface area contributed by atoms with Crippen molar-refractivity contribution in [3.8, 4) is 0 Å². The fourth-order valence-electron chi connectivity index (χ4n) is 2.98. The number of amides is 1. The number of hydrogen-bond acceptors (Lipinski definition) is 2. The Kier molecular flexibility index (Phi) is 4.33. The van der Waals surface area contributed by atoms with Gasteiger partial charge in [0.2, 0.25) is 0 Å². The highest BCUT2D eigenvalue weighted by atomic mass is 32.1. The molecule has 0 aromatic heterocycles. The summed E-state index contributed by atoms with van der Waals surface area (Å²) in [7, 11) is 0. The molecule has 1 aromatic carbocycles. The lowest BCUT2D eigenvalue weighted by Gasteiger charge is -2.32. The summed E-state index contributed by atoms with van der Waals surface area (Å²) in [6, 6.07) is 7.71. The molecule has 1 aromatic rings. The van der Waals surface area contributed by atoms with E-state index in [0.29, 0.717) is 23.4 Å². The third-order valence-electron chi connectivity index (χ3n) is 3.62. The first-order chi connectivity index (χ1) is 8.54. The molecule has 0 aliphatic heterocycles. The van der Waals surface area contributed by atoms with E-state index in [2.05, 4.69) is 31.8 Å². The van der Waals surface area contributed by atoms with Gasteiger partial charge in [0, 0.05) is 16.5 Å². The van der Waals surface area contributed by atoms with E-state index in [0.717, 1.165) is 17.7 Å². The molecule has 2 atom stereocenters. The maximum atomic E-state index is 12.1. The van der Waals surface area contributed by atoms with Crippen molar-refractivity contribution < 1.29 is 4.79 Å². The number of thiol groups is 1. The zero-order chi connectivity index (χ0) is 13.1. The van der Waals surface area contributed by atoms with Gasteiger partial charge in [0.05, 0.1) is 0 Å². The van der Waals surface area contributed by atoms with Crippen molar-refractivity contribution in [2.75, 3.05) is 0 Å². The molecule has 0 saturated heterocycles. The minimum Gasteiger partial charge on any atom is -0.349 e. The molecule has 1 amide bonds. The van der Waals surface area contributed by atoms with Gasteiger partial charge in [0.1, 0.15) is 0 Å². The Hall–Kier alpha value is -0.960. The standard InChI is InChI=1S/C15H21NOS/c1-10-6-11(2)8-13(7-10)16-15(17)12-4-3-5-14(18)9-12/h3-5,9-11,13,18H,6-8H2,1-2H3,(H,16,17). The van der Waals surface area contributed by atoms with Gasteiger partial charge in [-0.15, -0.1) is 12.6 Å². The van der Waals surface area contributed by atoms with E-state index in [-0.39, 0.29) is 5.91 Å². The Labute approximate surface area is 115 Å². The minimum absolute atomic E-state index is 0.0252. The van der Waals surface area contributed by atoms with Gasteiger partial charge in [-0.3, -0.25) is 4.79 Å². The molecule has 2 nitrogen and oxygen atoms in total. The van der Waals surface area contributed by atoms with Crippen molar-refractivity contribution in [1.82, 2.24) is 5.32 Å². The number of rotatable bonds is 2. The molecule has 1 N–H and O–H groups in total. The fraction of sp³-hybridized carbons (Fsp3) is 0.533. The second-order valence-electron chi connectivity index (χ2n) is 5.64. The van der Waals surface area contributed by atoms with Crippen LogP contribution in [0.25, 0.3) is 0 Å². The van der Waals surface area contributed by atoms with E-state index < -0.39 is 0 Å². The van der Waals surface area contributed by atoms with Crippen molar-refractivity contribution in [2.24, 2.45) is 11.8 Å². The molecule has 3 heteroatoms. The highest BCUT2D eigenvalue weighted by Crippen LogP contribution is 2.28. The Bertz CT molecular complexity index is 422. The van der Waals surface area contributed by atoms with E-state index in [1.54, 1.807) is 0 Å². The zero-order valence-electron chi connectivity index (χ0n) is 11.0. The van der Waals surface area contributed by atoms with Crippen molar-refractivity contribution >= 4 is 18.5 Å². The smallest absolute Gasteiger partial charge is 0.251 e. The Balaban J connectivity index is 1.99. The molecule has 0 spiro atoms. The summed E-state index contributed by atoms with van der Waals surface area (Å²) in [5, 5.41) is 3.15. The quantitative estimate of drug-likeness (QED) is 0.785. The first kappa shape index (κ1) is 13.5. The van der Waals surface area contributed by atoms with Gasteiger partial charge in [-0.2, -0.15) is 0 Å². The second kappa shape index (κ2) is 5.79. The first-order valence-corrected chi connectivity index (χ1v) is 7.09. The Morgan fingerprint density at radius 3 is 2.50 bits per heavy atom. The second-order valence-corrected chi connectivity index (χ2v) is 6.15. The van der Waals surface area contributed by atoms with Crippen LogP contribution < -0.4 is 5.32 Å². The van der Waals surface area contributed by atoms with Crippen molar-refractivity contribution in [1.29, 1.82) is 0 Å². The molecule has 1 aliphatic rings. The normalized spacial score (nSPS) is 27.8. The van der Waals surface area contributed by atoms with Crippen molar-refractivity contribution in [3.63, 3.8) is 0 Å². The van der Waals surface area contributed by atoms with E-state index in [4.69, 9.17) is 0 Å². The van der Waals surface area contributed by atoms with Crippen molar-refractivity contribution in [3.05, 3.63) is 29.8 Å². The van der Waals surface area contributed by atoms with Crippen LogP contribution in [0.2, 0.25) is 0 Å². The Morgan fingerprint density at radius 1 is 1.22 bits per heavy atom. The van der Waals surface area contributed by atoms with Gasteiger partial charge in [-0.1, -0.05) is 19.9 Å². The molecule has 2 rings (SSSR count). The van der Waals surface area contributed by atoms with E-state index in [9.17, 15) is 4.79 Å². The largest absolute Gasteiger partial charge is 0.349 e. The van der Waals surface area contributed by atoms with Crippen LogP contribution in [0.3, 0.4) is 0 Å². The fourth-order valence-corrected chi connectivity index (χ4v) is 3.21. The third-order valence-corrected chi connectivity index (χ3v) is 3.90. The van der Waals surface area contributed by atoms with Crippen molar-refractivity contribution in [2.45, 2.75) is 44.0 Å². The summed E-state index contributed by atoms with van der Waals surface area (Å²) in [6.45, 7) is 4.53. The van der Waals surface area contributed by atoms with Crippen LogP contribution in [-0.2, 0) is 0 Å². The average Bonchev–Trinajstić information content (AvgIpc) is 2.27. The van der Waals surface area contributed by atoms with Gasteiger partial charge >= 0.3 is 0 Å². The monoisotopic (exact) mass is 263 g/mol. The number of benzene rings is 1. The maximum Gasteiger partial charge on any atom is 0.251 e. The highest BCUT2D eigenvalue weighted by Gasteiger charge is 2.25. The highest BCUT2D eigenvalue weighted by molar-refractivity contribution is 7.80. The van der Waals surface area contributed by atoms with Crippen LogP contribution in [0.4, 0.5) is 0 Å². The predicted octanol–water partition coefficient (Wildman–Crippen LogP) is 3.53. The van der Waals surface area contributed by atoms with Gasteiger partial charge in [-0.05, 0) is 49.3 Å². The summed E-state index contributed by atoms with van der Waals surface area (Å²) >= 11 is 4.26. The van der Waals surface area contributed by atoms with Crippen LogP contribution >= 0.6 is 12.6 Å². The van der Waals surface area contributed by atoms with E-state index >= 15 is 0 Å². The Morgan fingerprint density at radius 2 is 1.89 bits per heavy atom. The summed E-state index contributed by atoms with van der Waals surface area (Å²) < 4.78 is 0. The van der Waals surface area contributed by atoms with Crippen LogP contribution in [0, 0.1) is 11.8 Å². The number of nitrogens with one attached hydrogen (secondary N) is 1. The predicted molar refractivity (Wildman–Crippen MR) is 77.1 cm³/mol. The van der Waals surface area contributed by atoms with E-state index in [1.807, 2.05) is 24.3 Å². The third kappa shape index (κ3) is 3.52. The molecule has 0 bridgehead atoms. The molecule has 0 radical (unpaired) electrons. The van der Waals surface area contributed by atoms with Crippen LogP contribution in [0.5, 0.6) is 0 Å². The summed E-state index contributed by atoms with van der Waals surface area (Å²) in [5.41, 5.74) is 0.702. The van der Waals surface area contributed by atoms with Crippen LogP contribution in [0.15, 0.2) is 29.2 Å². The van der Waals surface area contributed by atoms with Crippen LogP contribution in [0.1, 0.15) is 43.5 Å². The molecule has 0 heterocycles. The van der Waals surface area contributed by atoms with E-state index in [1.165, 1.54) is 6.42 Å². The molecule has 2 unspecified atom stereocenters. The first-order valence-electron chi connectivity index (χ1n) is 6.64. The lowest BCUT2D eigenvalue weighted by Crippen LogP contribution is -2.40. The number of carbonyl (C=O) groups excluding carboxylic acids is 1. The van der Waals surface area contributed by atoms with Gasteiger partial charge in [0.25, 0.3) is 5.91 Å². The SMILES string of the molecule is CC1CC(C)CC(NC(=O)c2cccc(S)c2)C1. The lowest BCUT2D eigenvalue weighted by molar-refractivity contribution is 0.0911. The minimum atomic E-state index is 0.0252.